The van der Waals surface area contributed by atoms with Crippen LogP contribution in [0.25, 0.3) is 0 Å². The lowest BCUT2D eigenvalue weighted by Gasteiger charge is -2.16. The third kappa shape index (κ3) is 4.88. The molecule has 0 bridgehead atoms. The number of methoxy groups -OCH3 is 1. The molecule has 0 radical (unpaired) electrons. The third-order valence-electron chi connectivity index (χ3n) is 4.25. The summed E-state index contributed by atoms with van der Waals surface area (Å²) in [6, 6.07) is 19.5. The lowest BCUT2D eigenvalue weighted by molar-refractivity contribution is 0.284. The van der Waals surface area contributed by atoms with Gasteiger partial charge < -0.3 is 14.8 Å². The van der Waals surface area contributed by atoms with Gasteiger partial charge in [0.1, 0.15) is 6.61 Å². The van der Waals surface area contributed by atoms with E-state index in [9.17, 15) is 0 Å². The van der Waals surface area contributed by atoms with Gasteiger partial charge in [-0.05, 0) is 42.3 Å². The van der Waals surface area contributed by atoms with Crippen molar-refractivity contribution >= 4 is 28.9 Å². The molecule has 140 valence electrons. The Morgan fingerprint density at radius 3 is 2.41 bits per heavy atom. The molecule has 0 aromatic heterocycles. The van der Waals surface area contributed by atoms with E-state index in [0.717, 1.165) is 16.8 Å². The SMILES string of the molecule is COc1cc(CNc2ccccc2C)cc(Cl)c1OCc1ccccc1Cl. The molecule has 3 rings (SSSR count). The van der Waals surface area contributed by atoms with Crippen LogP contribution >= 0.6 is 23.2 Å². The fourth-order valence-electron chi connectivity index (χ4n) is 2.75. The summed E-state index contributed by atoms with van der Waals surface area (Å²) in [5, 5.41) is 4.58. The summed E-state index contributed by atoms with van der Waals surface area (Å²) in [4.78, 5) is 0. The molecule has 1 N–H and O–H groups in total. The van der Waals surface area contributed by atoms with Crippen LogP contribution < -0.4 is 14.8 Å². The van der Waals surface area contributed by atoms with Crippen LogP contribution in [0.15, 0.2) is 60.7 Å². The van der Waals surface area contributed by atoms with Crippen LogP contribution in [-0.2, 0) is 13.2 Å². The average molecular weight is 402 g/mol. The molecule has 0 heterocycles. The largest absolute Gasteiger partial charge is 0.493 e. The fourth-order valence-corrected chi connectivity index (χ4v) is 3.23. The van der Waals surface area contributed by atoms with E-state index < -0.39 is 0 Å². The molecule has 0 saturated carbocycles. The second kappa shape index (κ2) is 9.03. The first-order valence-corrected chi connectivity index (χ1v) is 9.36. The average Bonchev–Trinajstić information content (AvgIpc) is 2.67. The second-order valence-corrected chi connectivity index (χ2v) is 6.97. The highest BCUT2D eigenvalue weighted by Crippen LogP contribution is 2.37. The first kappa shape index (κ1) is 19.4. The van der Waals surface area contributed by atoms with Crippen LogP contribution in [0.1, 0.15) is 16.7 Å². The molecule has 5 heteroatoms. The number of benzene rings is 3. The van der Waals surface area contributed by atoms with Gasteiger partial charge in [0, 0.05) is 22.8 Å². The summed E-state index contributed by atoms with van der Waals surface area (Å²) >= 11 is 12.7. The Morgan fingerprint density at radius 2 is 1.67 bits per heavy atom. The Labute approximate surface area is 169 Å². The fraction of sp³-hybridized carbons (Fsp3) is 0.182. The number of halogens is 2. The maximum Gasteiger partial charge on any atom is 0.180 e. The minimum absolute atomic E-state index is 0.316. The van der Waals surface area contributed by atoms with Gasteiger partial charge in [-0.3, -0.25) is 0 Å². The molecule has 0 aliphatic rings. The lowest BCUT2D eigenvalue weighted by atomic mass is 10.1. The number of ether oxygens (including phenoxy) is 2. The summed E-state index contributed by atoms with van der Waals surface area (Å²) in [6.07, 6.45) is 0. The van der Waals surface area contributed by atoms with Gasteiger partial charge in [-0.15, -0.1) is 0 Å². The van der Waals surface area contributed by atoms with E-state index in [1.165, 1.54) is 5.56 Å². The Kier molecular flexibility index (Phi) is 6.49. The zero-order chi connectivity index (χ0) is 19.2. The molecule has 0 unspecified atom stereocenters. The molecule has 0 saturated heterocycles. The summed E-state index contributed by atoms with van der Waals surface area (Å²) in [5.74, 6) is 1.11. The van der Waals surface area contributed by atoms with Crippen LogP contribution in [-0.4, -0.2) is 7.11 Å². The maximum absolute atomic E-state index is 6.47. The zero-order valence-corrected chi connectivity index (χ0v) is 16.8. The number of anilines is 1. The van der Waals surface area contributed by atoms with Crippen molar-refractivity contribution in [3.8, 4) is 11.5 Å². The first-order chi connectivity index (χ1) is 13.1. The summed E-state index contributed by atoms with van der Waals surface area (Å²) in [6.45, 7) is 3.02. The van der Waals surface area contributed by atoms with Crippen LogP contribution in [0, 0.1) is 6.92 Å². The van der Waals surface area contributed by atoms with Gasteiger partial charge in [0.2, 0.25) is 0 Å². The smallest absolute Gasteiger partial charge is 0.180 e. The Hall–Kier alpha value is -2.36. The first-order valence-electron chi connectivity index (χ1n) is 8.60. The topological polar surface area (TPSA) is 30.5 Å². The molecule has 0 spiro atoms. The van der Waals surface area contributed by atoms with Gasteiger partial charge in [0.25, 0.3) is 0 Å². The van der Waals surface area contributed by atoms with Crippen LogP contribution in [0.2, 0.25) is 10.0 Å². The Bertz CT molecular complexity index is 928. The number of nitrogens with one attached hydrogen (secondary N) is 1. The molecular formula is C22H21Cl2NO2. The molecule has 0 fully saturated rings. The van der Waals surface area contributed by atoms with Gasteiger partial charge in [-0.25, -0.2) is 0 Å². The number of rotatable bonds is 7. The molecule has 0 atom stereocenters. The van der Waals surface area contributed by atoms with E-state index in [-0.39, 0.29) is 0 Å². The minimum atomic E-state index is 0.316. The van der Waals surface area contributed by atoms with Crippen molar-refractivity contribution in [3.05, 3.63) is 87.4 Å². The summed E-state index contributed by atoms with van der Waals surface area (Å²) in [5.41, 5.74) is 4.18. The second-order valence-electron chi connectivity index (χ2n) is 6.16. The zero-order valence-electron chi connectivity index (χ0n) is 15.3. The number of para-hydroxylation sites is 1. The van der Waals surface area contributed by atoms with E-state index in [2.05, 4.69) is 24.4 Å². The van der Waals surface area contributed by atoms with Crippen molar-refractivity contribution in [1.29, 1.82) is 0 Å². The predicted octanol–water partition coefficient (Wildman–Crippen LogP) is 6.50. The molecular weight excluding hydrogens is 381 g/mol. The van der Waals surface area contributed by atoms with Crippen molar-refractivity contribution in [3.63, 3.8) is 0 Å². The number of hydrogen-bond donors (Lipinski definition) is 1. The Balaban J connectivity index is 1.75. The number of hydrogen-bond acceptors (Lipinski definition) is 3. The molecule has 0 aliphatic carbocycles. The van der Waals surface area contributed by atoms with Crippen molar-refractivity contribution in [2.24, 2.45) is 0 Å². The number of aryl methyl sites for hydroxylation is 1. The standard InChI is InChI=1S/C22H21Cl2NO2/c1-15-7-3-6-10-20(15)25-13-16-11-19(24)22(21(12-16)26-2)27-14-17-8-4-5-9-18(17)23/h3-12,25H,13-14H2,1-2H3. The predicted molar refractivity (Wildman–Crippen MR) is 112 cm³/mol. The Morgan fingerprint density at radius 1 is 0.926 bits per heavy atom. The van der Waals surface area contributed by atoms with Crippen LogP contribution in [0.3, 0.4) is 0 Å². The van der Waals surface area contributed by atoms with Crippen molar-refractivity contribution in [1.82, 2.24) is 0 Å². The summed E-state index contributed by atoms with van der Waals surface area (Å²) in [7, 11) is 1.60. The van der Waals surface area contributed by atoms with Crippen molar-refractivity contribution in [2.45, 2.75) is 20.1 Å². The molecule has 27 heavy (non-hydrogen) atoms. The molecule has 3 aromatic rings. The van der Waals surface area contributed by atoms with Crippen LogP contribution in [0.5, 0.6) is 11.5 Å². The molecule has 3 aromatic carbocycles. The highest BCUT2D eigenvalue weighted by atomic mass is 35.5. The molecule has 0 aliphatic heterocycles. The van der Waals surface area contributed by atoms with Crippen molar-refractivity contribution < 1.29 is 9.47 Å². The van der Waals surface area contributed by atoms with Crippen LogP contribution in [0.4, 0.5) is 5.69 Å². The summed E-state index contributed by atoms with van der Waals surface area (Å²) < 4.78 is 11.4. The van der Waals surface area contributed by atoms with Gasteiger partial charge in [-0.1, -0.05) is 59.6 Å². The van der Waals surface area contributed by atoms with Gasteiger partial charge in [-0.2, -0.15) is 0 Å². The molecule has 0 amide bonds. The third-order valence-corrected chi connectivity index (χ3v) is 4.90. The van der Waals surface area contributed by atoms with E-state index in [1.54, 1.807) is 7.11 Å². The van der Waals surface area contributed by atoms with E-state index in [1.807, 2.05) is 48.5 Å². The lowest BCUT2D eigenvalue weighted by Crippen LogP contribution is -2.03. The maximum atomic E-state index is 6.47. The highest BCUT2D eigenvalue weighted by molar-refractivity contribution is 6.32. The van der Waals surface area contributed by atoms with E-state index in [4.69, 9.17) is 32.7 Å². The highest BCUT2D eigenvalue weighted by Gasteiger charge is 2.13. The molecule has 3 nitrogen and oxygen atoms in total. The quantitative estimate of drug-likeness (QED) is 0.489. The van der Waals surface area contributed by atoms with Gasteiger partial charge >= 0.3 is 0 Å². The minimum Gasteiger partial charge on any atom is -0.493 e. The van der Waals surface area contributed by atoms with E-state index in [0.29, 0.717) is 34.7 Å². The van der Waals surface area contributed by atoms with E-state index >= 15 is 0 Å². The van der Waals surface area contributed by atoms with Gasteiger partial charge in [0.05, 0.1) is 12.1 Å². The monoisotopic (exact) mass is 401 g/mol. The van der Waals surface area contributed by atoms with Crippen molar-refractivity contribution in [2.75, 3.05) is 12.4 Å². The normalized spacial score (nSPS) is 10.5. The van der Waals surface area contributed by atoms with Gasteiger partial charge in [0.15, 0.2) is 11.5 Å².